The number of hydrogen-bond acceptors (Lipinski definition) is 5. The summed E-state index contributed by atoms with van der Waals surface area (Å²) in [5.74, 6) is 0.476. The normalized spacial score (nSPS) is 10.8. The summed E-state index contributed by atoms with van der Waals surface area (Å²) in [6.45, 7) is 3.97. The number of thiazole rings is 1. The molecule has 0 aliphatic rings. The van der Waals surface area contributed by atoms with Gasteiger partial charge in [-0.25, -0.2) is 4.98 Å². The largest absolute Gasteiger partial charge is 0.487 e. The van der Waals surface area contributed by atoms with E-state index in [1.165, 1.54) is 17.4 Å². The number of rotatable bonds is 5. The van der Waals surface area contributed by atoms with Crippen LogP contribution >= 0.6 is 11.3 Å². The van der Waals surface area contributed by atoms with Crippen molar-refractivity contribution in [1.29, 1.82) is 0 Å². The van der Waals surface area contributed by atoms with E-state index in [1.807, 2.05) is 37.4 Å². The second-order valence-corrected chi connectivity index (χ2v) is 7.50. The fourth-order valence-electron chi connectivity index (χ4n) is 2.99. The van der Waals surface area contributed by atoms with E-state index in [9.17, 15) is 9.59 Å². The van der Waals surface area contributed by atoms with Crippen molar-refractivity contribution in [2.24, 2.45) is 0 Å². The van der Waals surface area contributed by atoms with Gasteiger partial charge >= 0.3 is 0 Å². The third-order valence-corrected chi connectivity index (χ3v) is 5.46. The Bertz CT molecular complexity index is 1240. The molecule has 0 atom stereocenters. The van der Waals surface area contributed by atoms with Gasteiger partial charge in [-0.3, -0.25) is 14.0 Å². The molecule has 2 heterocycles. The standard InChI is InChI=1S/C22H19N3O3S/c1-14-5-3-4-6-19(14)21(27)23-16-7-9-18(10-8-16)28-12-17-11-20(26)25-15(2)13-29-22(25)24-17/h3-11,13H,12H2,1-2H3,(H,23,27). The highest BCUT2D eigenvalue weighted by Crippen LogP contribution is 2.19. The monoisotopic (exact) mass is 405 g/mol. The van der Waals surface area contributed by atoms with Crippen LogP contribution in [-0.2, 0) is 6.61 Å². The molecule has 29 heavy (non-hydrogen) atoms. The summed E-state index contributed by atoms with van der Waals surface area (Å²) in [4.78, 5) is 29.7. The molecule has 0 saturated carbocycles. The van der Waals surface area contributed by atoms with Crippen LogP contribution in [0.1, 0.15) is 27.3 Å². The number of fused-ring (bicyclic) bond motifs is 1. The third kappa shape index (κ3) is 4.05. The second kappa shape index (κ2) is 7.89. The van der Waals surface area contributed by atoms with Gasteiger partial charge in [0.2, 0.25) is 0 Å². The molecule has 0 spiro atoms. The van der Waals surface area contributed by atoms with Crippen molar-refractivity contribution in [3.05, 3.63) is 92.8 Å². The minimum atomic E-state index is -0.152. The number of carbonyl (C=O) groups excluding carboxylic acids is 1. The molecule has 0 aliphatic heterocycles. The van der Waals surface area contributed by atoms with Crippen LogP contribution in [0.2, 0.25) is 0 Å². The lowest BCUT2D eigenvalue weighted by Crippen LogP contribution is -2.16. The number of amides is 1. The summed E-state index contributed by atoms with van der Waals surface area (Å²) in [5, 5.41) is 4.78. The van der Waals surface area contributed by atoms with E-state index >= 15 is 0 Å². The van der Waals surface area contributed by atoms with Crippen LogP contribution in [0.3, 0.4) is 0 Å². The number of nitrogens with one attached hydrogen (secondary N) is 1. The molecule has 4 aromatic rings. The van der Waals surface area contributed by atoms with E-state index in [-0.39, 0.29) is 18.1 Å². The van der Waals surface area contributed by atoms with Crippen molar-refractivity contribution in [3.8, 4) is 5.75 Å². The lowest BCUT2D eigenvalue weighted by atomic mass is 10.1. The van der Waals surface area contributed by atoms with E-state index in [4.69, 9.17) is 4.74 Å². The topological polar surface area (TPSA) is 72.7 Å². The van der Waals surface area contributed by atoms with Gasteiger partial charge in [-0.05, 0) is 49.7 Å². The van der Waals surface area contributed by atoms with Crippen LogP contribution in [0, 0.1) is 13.8 Å². The van der Waals surface area contributed by atoms with Gasteiger partial charge in [0.15, 0.2) is 4.96 Å². The van der Waals surface area contributed by atoms with Gasteiger partial charge in [0.1, 0.15) is 12.4 Å². The van der Waals surface area contributed by atoms with E-state index in [0.29, 0.717) is 27.7 Å². The Labute approximate surface area is 171 Å². The first-order valence-corrected chi connectivity index (χ1v) is 9.96. The molecule has 0 unspecified atom stereocenters. The minimum Gasteiger partial charge on any atom is -0.487 e. The summed E-state index contributed by atoms with van der Waals surface area (Å²) in [6.07, 6.45) is 0. The molecular weight excluding hydrogens is 386 g/mol. The number of aromatic nitrogens is 2. The summed E-state index contributed by atoms with van der Waals surface area (Å²) in [7, 11) is 0. The molecule has 4 rings (SSSR count). The molecule has 2 aromatic heterocycles. The predicted molar refractivity (Wildman–Crippen MR) is 114 cm³/mol. The summed E-state index contributed by atoms with van der Waals surface area (Å²) in [5.41, 5.74) is 3.59. The fourth-order valence-corrected chi connectivity index (χ4v) is 3.88. The van der Waals surface area contributed by atoms with Crippen molar-refractivity contribution < 1.29 is 9.53 Å². The Hall–Kier alpha value is -3.45. The second-order valence-electron chi connectivity index (χ2n) is 6.66. The SMILES string of the molecule is Cc1ccccc1C(=O)Nc1ccc(OCc2cc(=O)n3c(C)csc3n2)cc1. The maximum atomic E-state index is 12.4. The van der Waals surface area contributed by atoms with Crippen molar-refractivity contribution in [2.75, 3.05) is 5.32 Å². The van der Waals surface area contributed by atoms with E-state index < -0.39 is 0 Å². The summed E-state index contributed by atoms with van der Waals surface area (Å²) in [6, 6.07) is 16.0. The number of hydrogen-bond donors (Lipinski definition) is 1. The molecule has 0 aliphatic carbocycles. The van der Waals surface area contributed by atoms with Gasteiger partial charge in [-0.1, -0.05) is 18.2 Å². The van der Waals surface area contributed by atoms with E-state index in [0.717, 1.165) is 11.3 Å². The van der Waals surface area contributed by atoms with Crippen LogP contribution in [0.25, 0.3) is 4.96 Å². The molecule has 0 bridgehead atoms. The van der Waals surface area contributed by atoms with Gasteiger partial charge < -0.3 is 10.1 Å². The van der Waals surface area contributed by atoms with Crippen LogP contribution in [0.15, 0.2) is 64.8 Å². The first-order chi connectivity index (χ1) is 14.0. The van der Waals surface area contributed by atoms with E-state index in [1.54, 1.807) is 34.7 Å². The fraction of sp³-hybridized carbons (Fsp3) is 0.136. The van der Waals surface area contributed by atoms with Gasteiger partial charge in [0, 0.05) is 28.4 Å². The zero-order chi connectivity index (χ0) is 20.4. The number of ether oxygens (including phenoxy) is 1. The van der Waals surface area contributed by atoms with Crippen molar-refractivity contribution >= 4 is 27.9 Å². The third-order valence-electron chi connectivity index (χ3n) is 4.52. The van der Waals surface area contributed by atoms with Crippen LogP contribution in [-0.4, -0.2) is 15.3 Å². The molecule has 7 heteroatoms. The smallest absolute Gasteiger partial charge is 0.259 e. The molecule has 0 fully saturated rings. The molecule has 2 aromatic carbocycles. The maximum absolute atomic E-state index is 12.4. The Morgan fingerprint density at radius 1 is 1.14 bits per heavy atom. The first-order valence-electron chi connectivity index (χ1n) is 9.08. The quantitative estimate of drug-likeness (QED) is 0.540. The Morgan fingerprint density at radius 2 is 1.90 bits per heavy atom. The van der Waals surface area contributed by atoms with E-state index in [2.05, 4.69) is 10.3 Å². The molecular formula is C22H19N3O3S. The van der Waals surface area contributed by atoms with Gasteiger partial charge in [-0.15, -0.1) is 11.3 Å². The number of anilines is 1. The molecule has 0 radical (unpaired) electrons. The number of nitrogens with zero attached hydrogens (tertiary/aromatic N) is 2. The lowest BCUT2D eigenvalue weighted by Gasteiger charge is -2.09. The van der Waals surface area contributed by atoms with Crippen LogP contribution in [0.4, 0.5) is 5.69 Å². The molecule has 6 nitrogen and oxygen atoms in total. The highest BCUT2D eigenvalue weighted by Gasteiger charge is 2.09. The average molecular weight is 405 g/mol. The van der Waals surface area contributed by atoms with Crippen LogP contribution < -0.4 is 15.6 Å². The summed E-state index contributed by atoms with van der Waals surface area (Å²) < 4.78 is 7.33. The Kier molecular flexibility index (Phi) is 5.14. The predicted octanol–water partition coefficient (Wildman–Crippen LogP) is 4.20. The van der Waals surface area contributed by atoms with Crippen molar-refractivity contribution in [1.82, 2.24) is 9.38 Å². The summed E-state index contributed by atoms with van der Waals surface area (Å²) >= 11 is 1.43. The number of benzene rings is 2. The van der Waals surface area contributed by atoms with Crippen molar-refractivity contribution in [3.63, 3.8) is 0 Å². The molecule has 1 N–H and O–H groups in total. The lowest BCUT2D eigenvalue weighted by molar-refractivity contribution is 0.102. The Morgan fingerprint density at radius 3 is 2.66 bits per heavy atom. The molecule has 0 saturated heterocycles. The minimum absolute atomic E-state index is 0.110. The van der Waals surface area contributed by atoms with Gasteiger partial charge in [0.05, 0.1) is 5.69 Å². The first kappa shape index (κ1) is 18.9. The maximum Gasteiger partial charge on any atom is 0.259 e. The number of carbonyl (C=O) groups is 1. The highest BCUT2D eigenvalue weighted by molar-refractivity contribution is 7.15. The average Bonchev–Trinajstić information content (AvgIpc) is 3.09. The number of aryl methyl sites for hydroxylation is 2. The molecule has 1 amide bonds. The van der Waals surface area contributed by atoms with Crippen molar-refractivity contribution in [2.45, 2.75) is 20.5 Å². The van der Waals surface area contributed by atoms with Gasteiger partial charge in [0.25, 0.3) is 11.5 Å². The highest BCUT2D eigenvalue weighted by atomic mass is 32.1. The van der Waals surface area contributed by atoms with Crippen LogP contribution in [0.5, 0.6) is 5.75 Å². The van der Waals surface area contributed by atoms with Gasteiger partial charge in [-0.2, -0.15) is 0 Å². The zero-order valence-corrected chi connectivity index (χ0v) is 16.8. The zero-order valence-electron chi connectivity index (χ0n) is 16.0. The Balaban J connectivity index is 1.42. The molecule has 146 valence electrons.